The van der Waals surface area contributed by atoms with Crippen molar-refractivity contribution in [2.75, 3.05) is 13.2 Å². The Balaban J connectivity index is 2.02. The molecule has 0 spiro atoms. The number of carbonyl (C=O) groups excluding carboxylic acids is 2. The summed E-state index contributed by atoms with van der Waals surface area (Å²) in [5.74, 6) is -0.261. The molecule has 1 aromatic heterocycles. The van der Waals surface area contributed by atoms with Gasteiger partial charge in [0.05, 0.1) is 12.2 Å². The molecule has 0 unspecified atom stereocenters. The number of nitrogens with one attached hydrogen (secondary N) is 1. The molecule has 1 aromatic carbocycles. The molecule has 0 aliphatic rings. The number of hydrogen-bond donors (Lipinski definition) is 2. The number of aromatic nitrogens is 1. The van der Waals surface area contributed by atoms with Gasteiger partial charge in [-0.15, -0.1) is 0 Å². The van der Waals surface area contributed by atoms with Crippen molar-refractivity contribution in [1.82, 2.24) is 5.32 Å². The molecule has 2 N–H and O–H groups in total. The summed E-state index contributed by atoms with van der Waals surface area (Å²) in [4.78, 5) is 23.9. The van der Waals surface area contributed by atoms with Crippen LogP contribution in [0, 0.1) is 0 Å². The summed E-state index contributed by atoms with van der Waals surface area (Å²) >= 11 is 3.34. The minimum Gasteiger partial charge on any atom is -0.395 e. The second kappa shape index (κ2) is 7.82. The van der Waals surface area contributed by atoms with Crippen molar-refractivity contribution >= 4 is 27.6 Å². The van der Waals surface area contributed by atoms with E-state index in [-0.39, 0.29) is 31.4 Å². The molecule has 1 heterocycles. The van der Waals surface area contributed by atoms with Gasteiger partial charge in [-0.1, -0.05) is 28.1 Å². The van der Waals surface area contributed by atoms with Gasteiger partial charge >= 0.3 is 0 Å². The summed E-state index contributed by atoms with van der Waals surface area (Å²) in [6, 6.07) is 10.5. The van der Waals surface area contributed by atoms with Gasteiger partial charge in [0.1, 0.15) is 0 Å². The van der Waals surface area contributed by atoms with Gasteiger partial charge in [0.25, 0.3) is 5.91 Å². The number of pyridine rings is 1. The number of hydrogen-bond acceptors (Lipinski definition) is 3. The first-order chi connectivity index (χ1) is 10.6. The molecule has 0 saturated carbocycles. The van der Waals surface area contributed by atoms with E-state index in [9.17, 15) is 9.59 Å². The van der Waals surface area contributed by atoms with E-state index < -0.39 is 0 Å². The largest absolute Gasteiger partial charge is 0.395 e. The zero-order valence-corrected chi connectivity index (χ0v) is 13.4. The number of rotatable bonds is 6. The lowest BCUT2D eigenvalue weighted by Gasteiger charge is -2.02. The maximum absolute atomic E-state index is 12.2. The second-order valence-corrected chi connectivity index (χ2v) is 5.59. The third kappa shape index (κ3) is 4.47. The molecular weight excluding hydrogens is 348 g/mol. The van der Waals surface area contributed by atoms with Gasteiger partial charge < -0.3 is 10.4 Å². The SMILES string of the molecule is O=C(C[n+]1ccc(C(=O)NCCO)cc1)c1cccc(Br)c1. The van der Waals surface area contributed by atoms with Gasteiger partial charge in [0.2, 0.25) is 12.3 Å². The molecule has 0 bridgehead atoms. The number of aliphatic hydroxyl groups is 1. The molecule has 0 saturated heterocycles. The molecule has 114 valence electrons. The Morgan fingerprint density at radius 2 is 1.86 bits per heavy atom. The van der Waals surface area contributed by atoms with Crippen LogP contribution in [0.15, 0.2) is 53.3 Å². The molecule has 2 aromatic rings. The summed E-state index contributed by atoms with van der Waals surface area (Å²) in [7, 11) is 0. The van der Waals surface area contributed by atoms with E-state index in [1.807, 2.05) is 12.1 Å². The van der Waals surface area contributed by atoms with Crippen molar-refractivity contribution in [3.05, 3.63) is 64.4 Å². The first-order valence-corrected chi connectivity index (χ1v) is 7.56. The minimum absolute atomic E-state index is 0.0104. The molecule has 0 radical (unpaired) electrons. The normalized spacial score (nSPS) is 10.3. The third-order valence-corrected chi connectivity index (χ3v) is 3.52. The second-order valence-electron chi connectivity index (χ2n) is 4.67. The summed E-state index contributed by atoms with van der Waals surface area (Å²) in [5.41, 5.74) is 1.12. The van der Waals surface area contributed by atoms with E-state index in [2.05, 4.69) is 21.2 Å². The fourth-order valence-corrected chi connectivity index (χ4v) is 2.30. The van der Waals surface area contributed by atoms with E-state index in [0.29, 0.717) is 11.1 Å². The number of benzene rings is 1. The van der Waals surface area contributed by atoms with Crippen LogP contribution < -0.4 is 9.88 Å². The predicted octanol–water partition coefficient (Wildman–Crippen LogP) is 1.34. The highest BCUT2D eigenvalue weighted by Crippen LogP contribution is 2.12. The molecule has 0 aliphatic carbocycles. The number of Topliss-reactive ketones (excluding diaryl/α,β-unsaturated/α-hetero) is 1. The van der Waals surface area contributed by atoms with Crippen LogP contribution in [0.2, 0.25) is 0 Å². The van der Waals surface area contributed by atoms with Crippen molar-refractivity contribution in [3.8, 4) is 0 Å². The maximum Gasteiger partial charge on any atom is 0.251 e. The molecule has 0 fully saturated rings. The molecular formula is C16H16BrN2O3+. The van der Waals surface area contributed by atoms with Gasteiger partial charge in [-0.3, -0.25) is 9.59 Å². The van der Waals surface area contributed by atoms with Crippen LogP contribution in [0.5, 0.6) is 0 Å². The molecule has 5 nitrogen and oxygen atoms in total. The summed E-state index contributed by atoms with van der Waals surface area (Å²) in [6.45, 7) is 0.323. The van der Waals surface area contributed by atoms with Gasteiger partial charge in [0.15, 0.2) is 12.4 Å². The Hall–Kier alpha value is -2.05. The molecule has 0 aliphatic heterocycles. The van der Waals surface area contributed by atoms with Gasteiger partial charge in [-0.25, -0.2) is 0 Å². The van der Waals surface area contributed by atoms with Crippen molar-refractivity contribution in [2.24, 2.45) is 0 Å². The van der Waals surface area contributed by atoms with Gasteiger partial charge in [0, 0.05) is 28.7 Å². The monoisotopic (exact) mass is 363 g/mol. The van der Waals surface area contributed by atoms with Crippen LogP contribution >= 0.6 is 15.9 Å². The minimum atomic E-state index is -0.250. The van der Waals surface area contributed by atoms with E-state index in [0.717, 1.165) is 4.47 Å². The van der Waals surface area contributed by atoms with Gasteiger partial charge in [-0.05, 0) is 12.1 Å². The lowest BCUT2D eigenvalue weighted by molar-refractivity contribution is -0.683. The number of carbonyl (C=O) groups is 2. The van der Waals surface area contributed by atoms with Crippen LogP contribution in [0.4, 0.5) is 0 Å². The van der Waals surface area contributed by atoms with Crippen LogP contribution in [-0.4, -0.2) is 29.9 Å². The molecule has 2 rings (SSSR count). The number of aliphatic hydroxyl groups excluding tert-OH is 1. The first kappa shape index (κ1) is 16.3. The van der Waals surface area contributed by atoms with Gasteiger partial charge in [-0.2, -0.15) is 4.57 Å². The highest BCUT2D eigenvalue weighted by atomic mass is 79.9. The number of nitrogens with zero attached hydrogens (tertiary/aromatic N) is 1. The highest BCUT2D eigenvalue weighted by Gasteiger charge is 2.13. The molecule has 0 atom stereocenters. The number of ketones is 1. The van der Waals surface area contributed by atoms with Crippen molar-refractivity contribution < 1.29 is 19.3 Å². The average Bonchev–Trinajstić information content (AvgIpc) is 2.53. The Bertz CT molecular complexity index is 671. The Morgan fingerprint density at radius 1 is 1.14 bits per heavy atom. The highest BCUT2D eigenvalue weighted by molar-refractivity contribution is 9.10. The number of halogens is 1. The van der Waals surface area contributed by atoms with E-state index in [1.165, 1.54) is 0 Å². The van der Waals surface area contributed by atoms with Crippen molar-refractivity contribution in [1.29, 1.82) is 0 Å². The van der Waals surface area contributed by atoms with E-state index in [4.69, 9.17) is 5.11 Å². The smallest absolute Gasteiger partial charge is 0.251 e. The Morgan fingerprint density at radius 3 is 2.50 bits per heavy atom. The standard InChI is InChI=1S/C16H15BrN2O3/c17-14-3-1-2-13(10-14)15(21)11-19-7-4-12(5-8-19)16(22)18-6-9-20/h1-5,7-8,10,20H,6,9,11H2/p+1. The zero-order chi connectivity index (χ0) is 15.9. The van der Waals surface area contributed by atoms with Crippen LogP contribution in [0.3, 0.4) is 0 Å². The maximum atomic E-state index is 12.2. The zero-order valence-electron chi connectivity index (χ0n) is 11.8. The van der Waals surface area contributed by atoms with E-state index in [1.54, 1.807) is 41.2 Å². The Labute approximate surface area is 136 Å². The molecule has 6 heteroatoms. The average molecular weight is 364 g/mol. The molecule has 1 amide bonds. The van der Waals surface area contributed by atoms with Crippen LogP contribution in [0.1, 0.15) is 20.7 Å². The van der Waals surface area contributed by atoms with Crippen molar-refractivity contribution in [2.45, 2.75) is 6.54 Å². The van der Waals surface area contributed by atoms with E-state index >= 15 is 0 Å². The van der Waals surface area contributed by atoms with Crippen LogP contribution in [-0.2, 0) is 6.54 Å². The summed E-state index contributed by atoms with van der Waals surface area (Å²) in [5, 5.41) is 11.2. The quantitative estimate of drug-likeness (QED) is 0.601. The topological polar surface area (TPSA) is 70.3 Å². The number of amides is 1. The molecule has 22 heavy (non-hydrogen) atoms. The third-order valence-electron chi connectivity index (χ3n) is 3.02. The summed E-state index contributed by atoms with van der Waals surface area (Å²) < 4.78 is 2.57. The lowest BCUT2D eigenvalue weighted by atomic mass is 10.1. The Kier molecular flexibility index (Phi) is 5.80. The predicted molar refractivity (Wildman–Crippen MR) is 84.5 cm³/mol. The first-order valence-electron chi connectivity index (χ1n) is 6.77. The summed E-state index contributed by atoms with van der Waals surface area (Å²) in [6.07, 6.45) is 3.37. The van der Waals surface area contributed by atoms with Crippen LogP contribution in [0.25, 0.3) is 0 Å². The lowest BCUT2D eigenvalue weighted by Crippen LogP contribution is -2.37. The fraction of sp³-hybridized carbons (Fsp3) is 0.188. The van der Waals surface area contributed by atoms with Crippen molar-refractivity contribution in [3.63, 3.8) is 0 Å². The fourth-order valence-electron chi connectivity index (χ4n) is 1.90.